The lowest BCUT2D eigenvalue weighted by atomic mass is 10.1. The highest BCUT2D eigenvalue weighted by Gasteiger charge is 2.16. The first-order valence-electron chi connectivity index (χ1n) is 10.8. The van der Waals surface area contributed by atoms with Gasteiger partial charge in [0, 0.05) is 29.7 Å². The minimum Gasteiger partial charge on any atom is -0.496 e. The molecule has 0 aromatic heterocycles. The van der Waals surface area contributed by atoms with Crippen molar-refractivity contribution in [2.75, 3.05) is 28.4 Å². The number of carbonyl (C=O) groups is 1. The Labute approximate surface area is 216 Å². The minimum absolute atomic E-state index is 0.128. The van der Waals surface area contributed by atoms with Gasteiger partial charge in [-0.1, -0.05) is 6.07 Å². The molecule has 3 rings (SSSR count). The van der Waals surface area contributed by atoms with Crippen LogP contribution in [0.1, 0.15) is 21.5 Å². The van der Waals surface area contributed by atoms with Crippen molar-refractivity contribution >= 4 is 28.5 Å². The van der Waals surface area contributed by atoms with E-state index in [1.807, 2.05) is 0 Å². The van der Waals surface area contributed by atoms with Crippen molar-refractivity contribution in [3.05, 3.63) is 86.8 Å². The van der Waals surface area contributed by atoms with Crippen molar-refractivity contribution < 1.29 is 37.6 Å². The van der Waals surface area contributed by atoms with Crippen LogP contribution in [-0.4, -0.2) is 43.5 Å². The van der Waals surface area contributed by atoms with Gasteiger partial charge in [0.1, 0.15) is 17.2 Å². The molecule has 0 amide bonds. The number of hydrogen-bond donors (Lipinski definition) is 0. The largest absolute Gasteiger partial charge is 0.496 e. The van der Waals surface area contributed by atoms with Crippen LogP contribution < -0.4 is 23.7 Å². The number of methoxy groups -OCH3 is 4. The van der Waals surface area contributed by atoms with Gasteiger partial charge in [-0.2, -0.15) is 0 Å². The van der Waals surface area contributed by atoms with E-state index in [0.29, 0.717) is 34.1 Å². The first kappa shape index (κ1) is 27.2. The molecule has 0 N–H and O–H groups in total. The molecule has 3 aromatic rings. The molecule has 1 atom stereocenters. The third-order valence-electron chi connectivity index (χ3n) is 5.19. The number of nitro benzene ring substituents is 1. The second kappa shape index (κ2) is 12.5. The topological polar surface area (TPSA) is 123 Å². The molecule has 11 heteroatoms. The highest BCUT2D eigenvalue weighted by atomic mass is 32.2. The van der Waals surface area contributed by atoms with E-state index in [1.54, 1.807) is 36.4 Å². The number of benzene rings is 3. The average Bonchev–Trinajstić information content (AvgIpc) is 2.91. The Morgan fingerprint density at radius 3 is 2.03 bits per heavy atom. The number of non-ortho nitro benzene ring substituents is 1. The molecule has 37 heavy (non-hydrogen) atoms. The van der Waals surface area contributed by atoms with Gasteiger partial charge in [-0.25, -0.2) is 4.79 Å². The molecule has 0 aliphatic rings. The van der Waals surface area contributed by atoms with Gasteiger partial charge in [-0.15, -0.1) is 0 Å². The Balaban J connectivity index is 1.78. The fourth-order valence-electron chi connectivity index (χ4n) is 3.32. The highest BCUT2D eigenvalue weighted by molar-refractivity contribution is 7.87. The Hall–Kier alpha value is -4.38. The molecule has 194 valence electrons. The Morgan fingerprint density at radius 1 is 0.865 bits per heavy atom. The van der Waals surface area contributed by atoms with Crippen molar-refractivity contribution in [2.24, 2.45) is 0 Å². The van der Waals surface area contributed by atoms with Crippen LogP contribution in [0.25, 0.3) is 6.08 Å². The summed E-state index contributed by atoms with van der Waals surface area (Å²) in [6.07, 6.45) is 1.65. The summed E-state index contributed by atoms with van der Waals surface area (Å²) in [7, 11) is 4.54. The van der Waals surface area contributed by atoms with Crippen molar-refractivity contribution in [2.45, 2.75) is 5.75 Å². The molecule has 0 fully saturated rings. The molecule has 0 spiro atoms. The number of carbonyl (C=O) groups excluding carboxylic acids is 1. The lowest BCUT2D eigenvalue weighted by Crippen LogP contribution is -2.09. The van der Waals surface area contributed by atoms with E-state index >= 15 is 0 Å². The smallest absolute Gasteiger partial charge is 0.343 e. The second-order valence-corrected chi connectivity index (χ2v) is 8.77. The Kier molecular flexibility index (Phi) is 9.22. The molecular weight excluding hydrogens is 502 g/mol. The predicted molar refractivity (Wildman–Crippen MR) is 138 cm³/mol. The van der Waals surface area contributed by atoms with Crippen molar-refractivity contribution in [3.63, 3.8) is 0 Å². The molecule has 0 saturated heterocycles. The van der Waals surface area contributed by atoms with Crippen molar-refractivity contribution in [1.29, 1.82) is 0 Å². The molecule has 10 nitrogen and oxygen atoms in total. The number of ether oxygens (including phenoxy) is 5. The van der Waals surface area contributed by atoms with Crippen LogP contribution in [0.15, 0.2) is 60.0 Å². The van der Waals surface area contributed by atoms with E-state index in [4.69, 9.17) is 23.7 Å². The predicted octanol–water partition coefficient (Wildman–Crippen LogP) is 4.77. The summed E-state index contributed by atoms with van der Waals surface area (Å²) < 4.78 is 39.6. The normalized spacial score (nSPS) is 11.6. The van der Waals surface area contributed by atoms with E-state index in [1.165, 1.54) is 58.1 Å². The highest BCUT2D eigenvalue weighted by Crippen LogP contribution is 2.35. The quantitative estimate of drug-likeness (QED) is 0.150. The van der Waals surface area contributed by atoms with Gasteiger partial charge in [-0.05, 0) is 35.9 Å². The van der Waals surface area contributed by atoms with E-state index in [2.05, 4.69) is 0 Å². The first-order chi connectivity index (χ1) is 17.8. The summed E-state index contributed by atoms with van der Waals surface area (Å²) in [5.74, 6) is 1.38. The molecule has 0 bridgehead atoms. The summed E-state index contributed by atoms with van der Waals surface area (Å²) >= 11 is 0. The average molecular weight is 528 g/mol. The standard InChI is InChI=1S/C26H25NO9S/c1-32-20-14-23(34-3)21(24(15-20)35-4)11-12-37(31)16-17-5-10-22(33-2)25(13-17)36-26(28)18-6-8-19(9-7-18)27(29)30/h5-15H,16H2,1-4H3. The number of rotatable bonds is 11. The van der Waals surface area contributed by atoms with Crippen LogP contribution in [0, 0.1) is 10.1 Å². The zero-order valence-electron chi connectivity index (χ0n) is 20.6. The van der Waals surface area contributed by atoms with Gasteiger partial charge in [0.2, 0.25) is 0 Å². The Bertz CT molecular complexity index is 1310. The van der Waals surface area contributed by atoms with Crippen molar-refractivity contribution in [3.8, 4) is 28.7 Å². The van der Waals surface area contributed by atoms with Gasteiger partial charge in [0.15, 0.2) is 11.5 Å². The van der Waals surface area contributed by atoms with Crippen LogP contribution in [0.4, 0.5) is 5.69 Å². The summed E-state index contributed by atoms with van der Waals surface area (Å²) in [4.78, 5) is 22.8. The molecule has 0 aliphatic heterocycles. The minimum atomic E-state index is -1.44. The number of hydrogen-bond acceptors (Lipinski definition) is 9. The maximum atomic E-state index is 12.8. The number of esters is 1. The van der Waals surface area contributed by atoms with Crippen LogP contribution in [0.3, 0.4) is 0 Å². The van der Waals surface area contributed by atoms with Gasteiger partial charge in [0.05, 0.1) is 61.0 Å². The van der Waals surface area contributed by atoms with Gasteiger partial charge in [-0.3, -0.25) is 14.3 Å². The van der Waals surface area contributed by atoms with E-state index in [-0.39, 0.29) is 22.8 Å². The third-order valence-corrected chi connectivity index (χ3v) is 6.25. The molecule has 1 unspecified atom stereocenters. The fourth-order valence-corrected chi connectivity index (χ4v) is 4.21. The number of nitrogens with zero attached hydrogens (tertiary/aromatic N) is 1. The third kappa shape index (κ3) is 6.85. The zero-order valence-corrected chi connectivity index (χ0v) is 21.4. The second-order valence-electron chi connectivity index (χ2n) is 7.45. The maximum absolute atomic E-state index is 12.8. The van der Waals surface area contributed by atoms with Crippen LogP contribution in [0.2, 0.25) is 0 Å². The van der Waals surface area contributed by atoms with Crippen molar-refractivity contribution in [1.82, 2.24) is 0 Å². The zero-order chi connectivity index (χ0) is 26.9. The Morgan fingerprint density at radius 2 is 1.49 bits per heavy atom. The molecule has 0 aliphatic carbocycles. The maximum Gasteiger partial charge on any atom is 0.343 e. The van der Waals surface area contributed by atoms with E-state index in [0.717, 1.165) is 0 Å². The number of nitro groups is 1. The summed E-state index contributed by atoms with van der Waals surface area (Å²) in [5.41, 5.74) is 1.22. The molecule has 0 heterocycles. The summed E-state index contributed by atoms with van der Waals surface area (Å²) in [6.45, 7) is 0. The van der Waals surface area contributed by atoms with E-state index in [9.17, 15) is 19.1 Å². The first-order valence-corrected chi connectivity index (χ1v) is 12.2. The van der Waals surface area contributed by atoms with Crippen LogP contribution in [-0.2, 0) is 16.6 Å². The van der Waals surface area contributed by atoms with E-state index < -0.39 is 21.7 Å². The van der Waals surface area contributed by atoms with Gasteiger partial charge < -0.3 is 23.7 Å². The molecule has 0 saturated carbocycles. The van der Waals surface area contributed by atoms with Gasteiger partial charge >= 0.3 is 5.97 Å². The van der Waals surface area contributed by atoms with Gasteiger partial charge in [0.25, 0.3) is 5.69 Å². The lowest BCUT2D eigenvalue weighted by molar-refractivity contribution is -0.384. The SMILES string of the molecule is COc1cc(OC)c(C=CS(=O)Cc2ccc(OC)c(OC(=O)c3ccc([N+](=O)[O-])cc3)c2)c(OC)c1. The monoisotopic (exact) mass is 527 g/mol. The van der Waals surface area contributed by atoms with Crippen LogP contribution in [0.5, 0.6) is 28.7 Å². The summed E-state index contributed by atoms with van der Waals surface area (Å²) in [5, 5.41) is 12.3. The molecular formula is C26H25NO9S. The molecule has 0 radical (unpaired) electrons. The lowest BCUT2D eigenvalue weighted by Gasteiger charge is -2.12. The summed E-state index contributed by atoms with van der Waals surface area (Å²) in [6, 6.07) is 13.3. The fraction of sp³-hybridized carbons (Fsp3) is 0.192. The molecule has 3 aromatic carbocycles. The van der Waals surface area contributed by atoms with Crippen LogP contribution >= 0.6 is 0 Å².